The van der Waals surface area contributed by atoms with E-state index in [9.17, 15) is 17.2 Å². The molecule has 0 spiro atoms. The fraction of sp³-hybridized carbons (Fsp3) is 0.500. The second-order valence-corrected chi connectivity index (χ2v) is 6.41. The Balaban J connectivity index is 2.32. The Labute approximate surface area is 116 Å². The fourth-order valence-corrected chi connectivity index (χ4v) is 3.59. The van der Waals surface area contributed by atoms with Gasteiger partial charge in [0.2, 0.25) is 10.0 Å². The van der Waals surface area contributed by atoms with Gasteiger partial charge in [0, 0.05) is 18.8 Å². The summed E-state index contributed by atoms with van der Waals surface area (Å²) in [5.41, 5.74) is 1.72. The summed E-state index contributed by atoms with van der Waals surface area (Å²) in [6.07, 6.45) is -1.98. The Morgan fingerprint density at radius 3 is 2.80 bits per heavy atom. The third-order valence-electron chi connectivity index (χ3n) is 3.12. The van der Waals surface area contributed by atoms with Crippen molar-refractivity contribution in [1.29, 1.82) is 0 Å². The summed E-state index contributed by atoms with van der Waals surface area (Å²) in [7, 11) is -4.03. The van der Waals surface area contributed by atoms with Crippen molar-refractivity contribution in [3.8, 4) is 0 Å². The monoisotopic (exact) mass is 306 g/mol. The van der Waals surface area contributed by atoms with E-state index >= 15 is 0 Å². The zero-order chi connectivity index (χ0) is 14.8. The average Bonchev–Trinajstić information content (AvgIpc) is 2.84. The van der Waals surface area contributed by atoms with Crippen molar-refractivity contribution in [3.63, 3.8) is 0 Å². The lowest BCUT2D eigenvalue weighted by molar-refractivity contribution is 0.113. The van der Waals surface area contributed by atoms with Gasteiger partial charge in [-0.2, -0.15) is 4.31 Å². The number of halogens is 2. The molecule has 1 heterocycles. The lowest BCUT2D eigenvalue weighted by Crippen LogP contribution is -2.37. The van der Waals surface area contributed by atoms with Crippen molar-refractivity contribution in [2.24, 2.45) is 0 Å². The highest BCUT2D eigenvalue weighted by atomic mass is 32.2. The van der Waals surface area contributed by atoms with E-state index in [2.05, 4.69) is 5.32 Å². The van der Waals surface area contributed by atoms with Crippen LogP contribution in [0.3, 0.4) is 0 Å². The van der Waals surface area contributed by atoms with Gasteiger partial charge in [-0.15, -0.1) is 0 Å². The van der Waals surface area contributed by atoms with E-state index in [0.717, 1.165) is 18.5 Å². The number of nitrogens with one attached hydrogen (secondary N) is 1. The highest BCUT2D eigenvalue weighted by Gasteiger charge is 2.27. The van der Waals surface area contributed by atoms with Crippen LogP contribution in [0.5, 0.6) is 0 Å². The molecule has 0 amide bonds. The highest BCUT2D eigenvalue weighted by molar-refractivity contribution is 7.89. The number of aliphatic hydroxyl groups excluding tert-OH is 1. The number of aliphatic hydroxyl groups is 1. The van der Waals surface area contributed by atoms with Crippen molar-refractivity contribution in [3.05, 3.63) is 23.8 Å². The van der Waals surface area contributed by atoms with Gasteiger partial charge in [-0.05, 0) is 24.1 Å². The molecule has 1 aliphatic heterocycles. The van der Waals surface area contributed by atoms with Gasteiger partial charge >= 0.3 is 0 Å². The normalized spacial score (nSPS) is 14.7. The lowest BCUT2D eigenvalue weighted by Gasteiger charge is -2.21. The van der Waals surface area contributed by atoms with Crippen molar-refractivity contribution in [1.82, 2.24) is 4.31 Å². The third-order valence-corrected chi connectivity index (χ3v) is 4.98. The molecule has 8 heteroatoms. The number of fused-ring (bicyclic) bond motifs is 1. The minimum atomic E-state index is -4.03. The van der Waals surface area contributed by atoms with E-state index in [1.807, 2.05) is 0 Å². The SMILES string of the molecule is O=S(=O)(c1ccc2c(c1)NCC2)N(CCO)CC(F)F. The molecule has 5 nitrogen and oxygen atoms in total. The minimum absolute atomic E-state index is 0.0419. The molecule has 1 aromatic rings. The number of anilines is 1. The summed E-state index contributed by atoms with van der Waals surface area (Å²) in [6, 6.07) is 4.55. The molecule has 0 atom stereocenters. The van der Waals surface area contributed by atoms with Crippen LogP contribution >= 0.6 is 0 Å². The molecular formula is C12H16F2N2O3S. The maximum atomic E-state index is 12.5. The molecule has 0 unspecified atom stereocenters. The second kappa shape index (κ2) is 6.02. The van der Waals surface area contributed by atoms with Crippen LogP contribution in [-0.2, 0) is 16.4 Å². The highest BCUT2D eigenvalue weighted by Crippen LogP contribution is 2.27. The van der Waals surface area contributed by atoms with Gasteiger partial charge in [0.15, 0.2) is 0 Å². The van der Waals surface area contributed by atoms with E-state index in [1.165, 1.54) is 12.1 Å². The lowest BCUT2D eigenvalue weighted by atomic mass is 10.2. The maximum absolute atomic E-state index is 12.5. The van der Waals surface area contributed by atoms with Gasteiger partial charge in [0.05, 0.1) is 18.0 Å². The summed E-state index contributed by atoms with van der Waals surface area (Å²) in [4.78, 5) is -0.0419. The van der Waals surface area contributed by atoms with Crippen LogP contribution in [0.4, 0.5) is 14.5 Å². The Morgan fingerprint density at radius 1 is 1.40 bits per heavy atom. The zero-order valence-electron chi connectivity index (χ0n) is 10.7. The molecule has 0 aliphatic carbocycles. The van der Waals surface area contributed by atoms with Crippen LogP contribution in [0.1, 0.15) is 5.56 Å². The molecule has 0 saturated carbocycles. The van der Waals surface area contributed by atoms with Gasteiger partial charge < -0.3 is 10.4 Å². The van der Waals surface area contributed by atoms with E-state index in [-0.39, 0.29) is 11.4 Å². The molecule has 20 heavy (non-hydrogen) atoms. The molecule has 1 aromatic carbocycles. The average molecular weight is 306 g/mol. The molecule has 2 N–H and O–H groups in total. The van der Waals surface area contributed by atoms with E-state index in [1.54, 1.807) is 6.07 Å². The van der Waals surface area contributed by atoms with Crippen molar-refractivity contribution < 1.29 is 22.3 Å². The van der Waals surface area contributed by atoms with E-state index < -0.39 is 29.6 Å². The summed E-state index contributed by atoms with van der Waals surface area (Å²) < 4.78 is 50.2. The first-order valence-corrected chi connectivity index (χ1v) is 7.65. The van der Waals surface area contributed by atoms with Crippen LogP contribution in [0.2, 0.25) is 0 Å². The van der Waals surface area contributed by atoms with Gasteiger partial charge in [-0.3, -0.25) is 0 Å². The quantitative estimate of drug-likeness (QED) is 0.819. The summed E-state index contributed by atoms with van der Waals surface area (Å²) in [6.45, 7) is -1.05. The molecule has 0 saturated heterocycles. The van der Waals surface area contributed by atoms with Crippen LogP contribution in [0, 0.1) is 0 Å². The van der Waals surface area contributed by atoms with Crippen molar-refractivity contribution in [2.75, 3.05) is 31.6 Å². The predicted molar refractivity (Wildman–Crippen MR) is 70.5 cm³/mol. The van der Waals surface area contributed by atoms with Crippen LogP contribution in [0.15, 0.2) is 23.1 Å². The second-order valence-electron chi connectivity index (χ2n) is 4.47. The van der Waals surface area contributed by atoms with E-state index in [4.69, 9.17) is 5.11 Å². The van der Waals surface area contributed by atoms with Gasteiger partial charge in [-0.25, -0.2) is 17.2 Å². The first-order valence-electron chi connectivity index (χ1n) is 6.21. The first kappa shape index (κ1) is 15.1. The summed E-state index contributed by atoms with van der Waals surface area (Å²) in [5, 5.41) is 11.9. The van der Waals surface area contributed by atoms with Gasteiger partial charge in [0.25, 0.3) is 6.43 Å². The van der Waals surface area contributed by atoms with E-state index in [0.29, 0.717) is 9.99 Å². The number of hydrogen-bond acceptors (Lipinski definition) is 4. The Kier molecular flexibility index (Phi) is 4.56. The molecule has 2 rings (SSSR count). The van der Waals surface area contributed by atoms with Gasteiger partial charge in [-0.1, -0.05) is 6.07 Å². The third kappa shape index (κ3) is 3.08. The number of hydrogen-bond donors (Lipinski definition) is 2. The van der Waals surface area contributed by atoms with Gasteiger partial charge in [0.1, 0.15) is 0 Å². The fourth-order valence-electron chi connectivity index (χ4n) is 2.15. The molecule has 0 radical (unpaired) electrons. The summed E-state index contributed by atoms with van der Waals surface area (Å²) >= 11 is 0. The van der Waals surface area contributed by atoms with Crippen molar-refractivity contribution >= 4 is 15.7 Å². The number of alkyl halides is 2. The topological polar surface area (TPSA) is 69.6 Å². The molecule has 112 valence electrons. The number of nitrogens with zero attached hydrogens (tertiary/aromatic N) is 1. The minimum Gasteiger partial charge on any atom is -0.395 e. The largest absolute Gasteiger partial charge is 0.395 e. The number of rotatable bonds is 6. The standard InChI is InChI=1S/C12H16F2N2O3S/c13-12(14)8-16(5-6-17)20(18,19)10-2-1-9-3-4-15-11(9)7-10/h1-2,7,12,15,17H,3-6,8H2. The molecule has 1 aliphatic rings. The molecular weight excluding hydrogens is 290 g/mol. The summed E-state index contributed by atoms with van der Waals surface area (Å²) in [5.74, 6) is 0. The van der Waals surface area contributed by atoms with Crippen LogP contribution < -0.4 is 5.32 Å². The van der Waals surface area contributed by atoms with Crippen LogP contribution in [0.25, 0.3) is 0 Å². The van der Waals surface area contributed by atoms with Crippen molar-refractivity contribution in [2.45, 2.75) is 17.7 Å². The zero-order valence-corrected chi connectivity index (χ0v) is 11.5. The Morgan fingerprint density at radius 2 is 2.15 bits per heavy atom. The first-order chi connectivity index (χ1) is 9.45. The molecule has 0 bridgehead atoms. The molecule has 0 fully saturated rings. The Hall–Kier alpha value is -1.25. The maximum Gasteiger partial charge on any atom is 0.252 e. The van der Waals surface area contributed by atoms with Crippen LogP contribution in [-0.4, -0.2) is 50.5 Å². The number of benzene rings is 1. The Bertz CT molecular complexity index is 578. The smallest absolute Gasteiger partial charge is 0.252 e. The number of sulfonamides is 1. The predicted octanol–water partition coefficient (Wildman–Crippen LogP) is 0.903. The molecule has 0 aromatic heterocycles.